The Bertz CT molecular complexity index is 405. The minimum atomic E-state index is -3.37. The van der Waals surface area contributed by atoms with Crippen LogP contribution in [0, 0.1) is 5.41 Å². The fourth-order valence-corrected chi connectivity index (χ4v) is 5.04. The van der Waals surface area contributed by atoms with Crippen LogP contribution in [0.3, 0.4) is 0 Å². The largest absolute Gasteiger partial charge is 0.383 e. The van der Waals surface area contributed by atoms with Crippen LogP contribution in [0.25, 0.3) is 0 Å². The third-order valence-electron chi connectivity index (χ3n) is 4.73. The van der Waals surface area contributed by atoms with Gasteiger partial charge >= 0.3 is 0 Å². The summed E-state index contributed by atoms with van der Waals surface area (Å²) in [6, 6.07) is -0.00309. The standard InChI is InChI=1S/C14H28N2O3S/c1-14(8-4-3-5-9-14)12-15-20(17,18)16-10-6-7-13(16)11-19-2/h13,15H,3-12H2,1-2H3. The molecule has 1 aliphatic carbocycles. The molecule has 0 spiro atoms. The normalized spacial score (nSPS) is 27.8. The number of rotatable bonds is 6. The topological polar surface area (TPSA) is 58.6 Å². The lowest BCUT2D eigenvalue weighted by atomic mass is 9.76. The number of nitrogens with one attached hydrogen (secondary N) is 1. The molecule has 0 bridgehead atoms. The van der Waals surface area contributed by atoms with Crippen molar-refractivity contribution in [3.05, 3.63) is 0 Å². The highest BCUT2D eigenvalue weighted by molar-refractivity contribution is 7.87. The van der Waals surface area contributed by atoms with Crippen molar-refractivity contribution in [3.8, 4) is 0 Å². The highest BCUT2D eigenvalue weighted by atomic mass is 32.2. The molecule has 0 radical (unpaired) electrons. The molecule has 2 aliphatic rings. The van der Waals surface area contributed by atoms with Crippen molar-refractivity contribution in [2.75, 3.05) is 26.8 Å². The Balaban J connectivity index is 1.93. The fourth-order valence-electron chi connectivity index (χ4n) is 3.42. The SMILES string of the molecule is COCC1CCCN1S(=O)(=O)NCC1(C)CCCCC1. The number of hydrogen-bond donors (Lipinski definition) is 1. The Morgan fingerprint density at radius 2 is 1.95 bits per heavy atom. The average Bonchev–Trinajstić information content (AvgIpc) is 2.87. The first-order chi connectivity index (χ1) is 9.47. The molecule has 0 amide bonds. The second-order valence-corrected chi connectivity index (χ2v) is 8.27. The van der Waals surface area contributed by atoms with E-state index in [0.29, 0.717) is 19.7 Å². The molecule has 1 unspecified atom stereocenters. The first-order valence-corrected chi connectivity index (χ1v) is 9.16. The van der Waals surface area contributed by atoms with Gasteiger partial charge in [-0.25, -0.2) is 4.72 Å². The monoisotopic (exact) mass is 304 g/mol. The van der Waals surface area contributed by atoms with Gasteiger partial charge < -0.3 is 4.74 Å². The fraction of sp³-hybridized carbons (Fsp3) is 1.00. The van der Waals surface area contributed by atoms with Gasteiger partial charge in [0.05, 0.1) is 6.61 Å². The van der Waals surface area contributed by atoms with Crippen molar-refractivity contribution in [1.29, 1.82) is 0 Å². The van der Waals surface area contributed by atoms with Crippen molar-refractivity contribution < 1.29 is 13.2 Å². The number of nitrogens with zero attached hydrogens (tertiary/aromatic N) is 1. The molecule has 1 heterocycles. The average molecular weight is 304 g/mol. The van der Waals surface area contributed by atoms with Gasteiger partial charge in [-0.1, -0.05) is 26.2 Å². The van der Waals surface area contributed by atoms with Gasteiger partial charge in [0.2, 0.25) is 0 Å². The molecule has 1 atom stereocenters. The molecule has 5 nitrogen and oxygen atoms in total. The van der Waals surface area contributed by atoms with E-state index in [4.69, 9.17) is 4.74 Å². The zero-order chi connectivity index (χ0) is 14.6. The third-order valence-corrected chi connectivity index (χ3v) is 6.34. The summed E-state index contributed by atoms with van der Waals surface area (Å²) in [5.41, 5.74) is 0.127. The Kier molecular flexibility index (Phi) is 5.45. The lowest BCUT2D eigenvalue weighted by molar-refractivity contribution is 0.147. The van der Waals surface area contributed by atoms with Gasteiger partial charge in [-0.05, 0) is 31.1 Å². The molecule has 0 aromatic rings. The molecule has 1 saturated heterocycles. The summed E-state index contributed by atoms with van der Waals surface area (Å²) >= 11 is 0. The maximum atomic E-state index is 12.5. The van der Waals surface area contributed by atoms with E-state index in [1.807, 2.05) is 0 Å². The van der Waals surface area contributed by atoms with E-state index in [-0.39, 0.29) is 11.5 Å². The molecule has 20 heavy (non-hydrogen) atoms. The van der Waals surface area contributed by atoms with Crippen molar-refractivity contribution in [1.82, 2.24) is 9.03 Å². The Morgan fingerprint density at radius 3 is 2.60 bits per heavy atom. The van der Waals surface area contributed by atoms with E-state index in [0.717, 1.165) is 25.7 Å². The Hall–Kier alpha value is -0.170. The van der Waals surface area contributed by atoms with Gasteiger partial charge in [0.1, 0.15) is 0 Å². The van der Waals surface area contributed by atoms with Gasteiger partial charge in [0, 0.05) is 26.2 Å². The molecule has 2 rings (SSSR count). The molecule has 2 fully saturated rings. The van der Waals surface area contributed by atoms with Crippen LogP contribution in [0.2, 0.25) is 0 Å². The minimum absolute atomic E-state index is 0.00309. The van der Waals surface area contributed by atoms with Crippen LogP contribution in [0.1, 0.15) is 51.9 Å². The lowest BCUT2D eigenvalue weighted by Crippen LogP contribution is -2.48. The van der Waals surface area contributed by atoms with Gasteiger partial charge in [0.15, 0.2) is 0 Å². The number of ether oxygens (including phenoxy) is 1. The zero-order valence-electron chi connectivity index (χ0n) is 12.7. The molecule has 0 aromatic carbocycles. The van der Waals surface area contributed by atoms with Gasteiger partial charge in [-0.2, -0.15) is 12.7 Å². The highest BCUT2D eigenvalue weighted by Crippen LogP contribution is 2.35. The third kappa shape index (κ3) is 3.93. The van der Waals surface area contributed by atoms with Crippen LogP contribution < -0.4 is 4.72 Å². The van der Waals surface area contributed by atoms with Gasteiger partial charge in [0.25, 0.3) is 10.2 Å². The van der Waals surface area contributed by atoms with Crippen molar-refractivity contribution >= 4 is 10.2 Å². The zero-order valence-corrected chi connectivity index (χ0v) is 13.5. The molecular formula is C14H28N2O3S. The van der Waals surface area contributed by atoms with Crippen molar-refractivity contribution in [3.63, 3.8) is 0 Å². The van der Waals surface area contributed by atoms with Gasteiger partial charge in [-0.15, -0.1) is 0 Å². The first kappa shape index (κ1) is 16.2. The van der Waals surface area contributed by atoms with E-state index in [1.165, 1.54) is 19.3 Å². The number of methoxy groups -OCH3 is 1. The van der Waals surface area contributed by atoms with Crippen LogP contribution in [0.5, 0.6) is 0 Å². The predicted octanol–water partition coefficient (Wildman–Crippen LogP) is 1.90. The summed E-state index contributed by atoms with van der Waals surface area (Å²) in [4.78, 5) is 0. The second-order valence-electron chi connectivity index (χ2n) is 6.56. The van der Waals surface area contributed by atoms with Crippen LogP contribution in [-0.2, 0) is 14.9 Å². The van der Waals surface area contributed by atoms with Crippen LogP contribution in [0.15, 0.2) is 0 Å². The molecule has 6 heteroatoms. The van der Waals surface area contributed by atoms with E-state index in [2.05, 4.69) is 11.6 Å². The van der Waals surface area contributed by atoms with E-state index < -0.39 is 10.2 Å². The Labute approximate surface area is 123 Å². The maximum absolute atomic E-state index is 12.5. The van der Waals surface area contributed by atoms with E-state index >= 15 is 0 Å². The first-order valence-electron chi connectivity index (χ1n) is 7.72. The molecular weight excluding hydrogens is 276 g/mol. The van der Waals surface area contributed by atoms with Crippen LogP contribution in [0.4, 0.5) is 0 Å². The molecule has 1 saturated carbocycles. The van der Waals surface area contributed by atoms with Crippen molar-refractivity contribution in [2.45, 2.75) is 57.9 Å². The van der Waals surface area contributed by atoms with Crippen molar-refractivity contribution in [2.24, 2.45) is 5.41 Å². The van der Waals surface area contributed by atoms with Gasteiger partial charge in [-0.3, -0.25) is 0 Å². The highest BCUT2D eigenvalue weighted by Gasteiger charge is 2.36. The lowest BCUT2D eigenvalue weighted by Gasteiger charge is -2.34. The number of hydrogen-bond acceptors (Lipinski definition) is 3. The molecule has 0 aromatic heterocycles. The Morgan fingerprint density at radius 1 is 1.25 bits per heavy atom. The smallest absolute Gasteiger partial charge is 0.279 e. The van der Waals surface area contributed by atoms with Crippen LogP contribution >= 0.6 is 0 Å². The minimum Gasteiger partial charge on any atom is -0.383 e. The van der Waals surface area contributed by atoms with Crippen LogP contribution in [-0.4, -0.2) is 45.6 Å². The predicted molar refractivity (Wildman–Crippen MR) is 79.7 cm³/mol. The second kappa shape index (κ2) is 6.73. The summed E-state index contributed by atoms with van der Waals surface area (Å²) in [6.07, 6.45) is 7.78. The van der Waals surface area contributed by atoms with E-state index in [1.54, 1.807) is 11.4 Å². The maximum Gasteiger partial charge on any atom is 0.279 e. The summed E-state index contributed by atoms with van der Waals surface area (Å²) < 4.78 is 34.5. The quantitative estimate of drug-likeness (QED) is 0.815. The molecule has 118 valence electrons. The summed E-state index contributed by atoms with van der Waals surface area (Å²) in [5, 5.41) is 0. The van der Waals surface area contributed by atoms with E-state index in [9.17, 15) is 8.42 Å². The summed E-state index contributed by atoms with van der Waals surface area (Å²) in [7, 11) is -1.74. The summed E-state index contributed by atoms with van der Waals surface area (Å²) in [6.45, 7) is 3.86. The molecule has 1 N–H and O–H groups in total. The molecule has 1 aliphatic heterocycles. The summed E-state index contributed by atoms with van der Waals surface area (Å²) in [5.74, 6) is 0.